The van der Waals surface area contributed by atoms with Crippen molar-refractivity contribution < 1.29 is 14.3 Å². The number of halogens is 1. The van der Waals surface area contributed by atoms with Crippen LogP contribution in [0.1, 0.15) is 27.0 Å². The van der Waals surface area contributed by atoms with E-state index in [1.807, 2.05) is 36.4 Å². The van der Waals surface area contributed by atoms with Crippen molar-refractivity contribution in [2.24, 2.45) is 0 Å². The molecule has 1 aliphatic rings. The molecule has 25 heavy (non-hydrogen) atoms. The third kappa shape index (κ3) is 4.44. The predicted molar refractivity (Wildman–Crippen MR) is 99.8 cm³/mol. The molecule has 0 saturated heterocycles. The number of methoxy groups -OCH3 is 2. The van der Waals surface area contributed by atoms with E-state index < -0.39 is 0 Å². The standard InChI is InChI=1S/C19H22N2O3.ClH/c1-23-17-6-3-13(9-18(17)24-2)7-8-21-19(22)14-4-5-15-11-20-12-16(15)10-14;/h3-6,9-10,20H,7-8,11-12H2,1-2H3,(H,21,22);1H. The largest absolute Gasteiger partial charge is 0.493 e. The Kier molecular flexibility index (Phi) is 6.67. The topological polar surface area (TPSA) is 59.6 Å². The van der Waals surface area contributed by atoms with Crippen molar-refractivity contribution in [2.45, 2.75) is 19.5 Å². The van der Waals surface area contributed by atoms with Crippen molar-refractivity contribution in [1.82, 2.24) is 10.6 Å². The van der Waals surface area contributed by atoms with E-state index in [2.05, 4.69) is 10.6 Å². The summed E-state index contributed by atoms with van der Waals surface area (Å²) in [7, 11) is 3.23. The van der Waals surface area contributed by atoms with Crippen molar-refractivity contribution >= 4 is 18.3 Å². The van der Waals surface area contributed by atoms with Gasteiger partial charge in [0.2, 0.25) is 0 Å². The van der Waals surface area contributed by atoms with E-state index in [0.717, 1.165) is 25.1 Å². The molecule has 0 aliphatic carbocycles. The van der Waals surface area contributed by atoms with Crippen molar-refractivity contribution in [1.29, 1.82) is 0 Å². The highest BCUT2D eigenvalue weighted by atomic mass is 35.5. The van der Waals surface area contributed by atoms with Gasteiger partial charge in [0, 0.05) is 25.2 Å². The number of carbonyl (C=O) groups excluding carboxylic acids is 1. The van der Waals surface area contributed by atoms with Crippen LogP contribution in [0.3, 0.4) is 0 Å². The number of carbonyl (C=O) groups is 1. The van der Waals surface area contributed by atoms with Crippen LogP contribution in [0.15, 0.2) is 36.4 Å². The third-order valence-corrected chi connectivity index (χ3v) is 4.25. The Morgan fingerprint density at radius 3 is 2.56 bits per heavy atom. The van der Waals surface area contributed by atoms with E-state index in [-0.39, 0.29) is 18.3 Å². The van der Waals surface area contributed by atoms with Gasteiger partial charge in [-0.2, -0.15) is 0 Å². The molecule has 0 saturated carbocycles. The van der Waals surface area contributed by atoms with Gasteiger partial charge in [0.15, 0.2) is 11.5 Å². The summed E-state index contributed by atoms with van der Waals surface area (Å²) in [5.41, 5.74) is 4.29. The fraction of sp³-hybridized carbons (Fsp3) is 0.316. The second-order valence-corrected chi connectivity index (χ2v) is 5.78. The Labute approximate surface area is 154 Å². The molecule has 6 heteroatoms. The lowest BCUT2D eigenvalue weighted by atomic mass is 10.1. The summed E-state index contributed by atoms with van der Waals surface area (Å²) in [6, 6.07) is 11.7. The number of amides is 1. The first-order chi connectivity index (χ1) is 11.7. The van der Waals surface area contributed by atoms with Crippen LogP contribution < -0.4 is 20.1 Å². The monoisotopic (exact) mass is 362 g/mol. The zero-order valence-corrected chi connectivity index (χ0v) is 15.2. The second kappa shape index (κ2) is 8.74. The molecule has 0 radical (unpaired) electrons. The molecule has 5 nitrogen and oxygen atoms in total. The van der Waals surface area contributed by atoms with Gasteiger partial charge in [0.25, 0.3) is 5.91 Å². The predicted octanol–water partition coefficient (Wildman–Crippen LogP) is 2.70. The molecular weight excluding hydrogens is 340 g/mol. The number of rotatable bonds is 6. The first-order valence-corrected chi connectivity index (χ1v) is 8.03. The summed E-state index contributed by atoms with van der Waals surface area (Å²) in [4.78, 5) is 12.3. The summed E-state index contributed by atoms with van der Waals surface area (Å²) >= 11 is 0. The van der Waals surface area contributed by atoms with E-state index in [1.54, 1.807) is 14.2 Å². The molecule has 0 spiro atoms. The highest BCUT2D eigenvalue weighted by Crippen LogP contribution is 2.27. The van der Waals surface area contributed by atoms with Gasteiger partial charge in [-0.15, -0.1) is 12.4 Å². The van der Waals surface area contributed by atoms with Crippen molar-refractivity contribution in [2.75, 3.05) is 20.8 Å². The molecule has 2 aromatic rings. The van der Waals surface area contributed by atoms with Gasteiger partial charge in [0.1, 0.15) is 0 Å². The summed E-state index contributed by atoms with van der Waals surface area (Å²) in [6.07, 6.45) is 0.735. The molecule has 1 aliphatic heterocycles. The van der Waals surface area contributed by atoms with Crippen molar-refractivity contribution in [3.63, 3.8) is 0 Å². The van der Waals surface area contributed by atoms with Crippen LogP contribution in [0.4, 0.5) is 0 Å². The van der Waals surface area contributed by atoms with E-state index in [1.165, 1.54) is 11.1 Å². The maximum absolute atomic E-state index is 12.3. The van der Waals surface area contributed by atoms with Gasteiger partial charge in [-0.3, -0.25) is 4.79 Å². The lowest BCUT2D eigenvalue weighted by molar-refractivity contribution is 0.0954. The highest BCUT2D eigenvalue weighted by Gasteiger charge is 2.13. The average Bonchev–Trinajstić information content (AvgIpc) is 3.09. The normalized spacial score (nSPS) is 12.1. The molecule has 2 aromatic carbocycles. The smallest absolute Gasteiger partial charge is 0.251 e. The minimum absolute atomic E-state index is 0. The number of fused-ring (bicyclic) bond motifs is 1. The van der Waals surface area contributed by atoms with E-state index >= 15 is 0 Å². The minimum Gasteiger partial charge on any atom is -0.493 e. The summed E-state index contributed by atoms with van der Waals surface area (Å²) in [6.45, 7) is 2.29. The van der Waals surface area contributed by atoms with Gasteiger partial charge < -0.3 is 20.1 Å². The molecule has 134 valence electrons. The van der Waals surface area contributed by atoms with Crippen LogP contribution in [0.5, 0.6) is 11.5 Å². The van der Waals surface area contributed by atoms with Gasteiger partial charge in [-0.05, 0) is 47.4 Å². The number of nitrogens with one attached hydrogen (secondary N) is 2. The van der Waals surface area contributed by atoms with E-state index in [9.17, 15) is 4.79 Å². The number of hydrogen-bond donors (Lipinski definition) is 2. The van der Waals surface area contributed by atoms with Crippen LogP contribution >= 0.6 is 12.4 Å². The third-order valence-electron chi connectivity index (χ3n) is 4.25. The van der Waals surface area contributed by atoms with Crippen molar-refractivity contribution in [3.05, 3.63) is 58.7 Å². The van der Waals surface area contributed by atoms with Gasteiger partial charge in [-0.1, -0.05) is 12.1 Å². The fourth-order valence-corrected chi connectivity index (χ4v) is 2.89. The summed E-state index contributed by atoms with van der Waals surface area (Å²) in [5, 5.41) is 6.26. The molecule has 0 aromatic heterocycles. The zero-order chi connectivity index (χ0) is 16.9. The second-order valence-electron chi connectivity index (χ2n) is 5.78. The molecule has 0 fully saturated rings. The Morgan fingerprint density at radius 2 is 1.80 bits per heavy atom. The highest BCUT2D eigenvalue weighted by molar-refractivity contribution is 5.94. The Balaban J connectivity index is 0.00000225. The van der Waals surface area contributed by atoms with Crippen LogP contribution in [0, 0.1) is 0 Å². The molecule has 0 unspecified atom stereocenters. The maximum atomic E-state index is 12.3. The number of ether oxygens (including phenoxy) is 2. The molecule has 1 amide bonds. The average molecular weight is 363 g/mol. The maximum Gasteiger partial charge on any atom is 0.251 e. The van der Waals surface area contributed by atoms with Gasteiger partial charge in [-0.25, -0.2) is 0 Å². The molecule has 3 rings (SSSR count). The van der Waals surface area contributed by atoms with Crippen LogP contribution in [0.25, 0.3) is 0 Å². The van der Waals surface area contributed by atoms with E-state index in [0.29, 0.717) is 23.6 Å². The summed E-state index contributed by atoms with van der Waals surface area (Å²) < 4.78 is 10.5. The molecule has 1 heterocycles. The SMILES string of the molecule is COc1ccc(CCNC(=O)c2ccc3c(c2)CNC3)cc1OC.Cl. The molecule has 0 atom stereocenters. The van der Waals surface area contributed by atoms with Gasteiger partial charge in [0.05, 0.1) is 14.2 Å². The molecule has 2 N–H and O–H groups in total. The van der Waals surface area contributed by atoms with E-state index in [4.69, 9.17) is 9.47 Å². The van der Waals surface area contributed by atoms with Crippen LogP contribution in [0.2, 0.25) is 0 Å². The van der Waals surface area contributed by atoms with Crippen molar-refractivity contribution in [3.8, 4) is 11.5 Å². The zero-order valence-electron chi connectivity index (χ0n) is 14.4. The quantitative estimate of drug-likeness (QED) is 0.829. The first kappa shape index (κ1) is 19.1. The Morgan fingerprint density at radius 1 is 1.04 bits per heavy atom. The lowest BCUT2D eigenvalue weighted by Gasteiger charge is -2.10. The van der Waals surface area contributed by atoms with Gasteiger partial charge >= 0.3 is 0 Å². The number of hydrogen-bond acceptors (Lipinski definition) is 4. The van der Waals surface area contributed by atoms with Crippen LogP contribution in [-0.2, 0) is 19.5 Å². The van der Waals surface area contributed by atoms with Crippen LogP contribution in [-0.4, -0.2) is 26.7 Å². The fourth-order valence-electron chi connectivity index (χ4n) is 2.89. The first-order valence-electron chi connectivity index (χ1n) is 8.03. The number of benzene rings is 2. The Hall–Kier alpha value is -2.24. The molecular formula is C19H23ClN2O3. The summed E-state index contributed by atoms with van der Waals surface area (Å²) in [5.74, 6) is 1.37. The lowest BCUT2D eigenvalue weighted by Crippen LogP contribution is -2.25. The minimum atomic E-state index is -0.0369. The molecule has 0 bridgehead atoms. The Bertz CT molecular complexity index is 749.